The van der Waals surface area contributed by atoms with Gasteiger partial charge in [0.25, 0.3) is 5.56 Å². The van der Waals surface area contributed by atoms with E-state index in [-0.39, 0.29) is 31.5 Å². The number of para-hydroxylation sites is 1. The van der Waals surface area contributed by atoms with Crippen molar-refractivity contribution in [2.24, 2.45) is 0 Å². The number of fused-ring (bicyclic) bond motifs is 1. The number of anilines is 1. The summed E-state index contributed by atoms with van der Waals surface area (Å²) in [4.78, 5) is 54.6. The summed E-state index contributed by atoms with van der Waals surface area (Å²) >= 11 is 6.01. The first-order valence-corrected chi connectivity index (χ1v) is 14.6. The van der Waals surface area contributed by atoms with Crippen molar-refractivity contribution < 1.29 is 9.59 Å². The molecule has 0 aliphatic carbocycles. The van der Waals surface area contributed by atoms with E-state index in [9.17, 15) is 19.2 Å². The number of aromatic nitrogens is 2. The minimum atomic E-state index is -0.592. The molecule has 2 amide bonds. The lowest BCUT2D eigenvalue weighted by molar-refractivity contribution is -0.122. The van der Waals surface area contributed by atoms with E-state index in [0.29, 0.717) is 28.0 Å². The second-order valence-corrected chi connectivity index (χ2v) is 11.0. The Bertz CT molecular complexity index is 1680. The summed E-state index contributed by atoms with van der Waals surface area (Å²) in [5.74, 6) is -0.518. The van der Waals surface area contributed by atoms with Crippen molar-refractivity contribution in [2.45, 2.75) is 51.4 Å². The van der Waals surface area contributed by atoms with Gasteiger partial charge in [-0.25, -0.2) is 4.79 Å². The molecular formula is C32H34ClN5O4. The van der Waals surface area contributed by atoms with Gasteiger partial charge in [-0.1, -0.05) is 60.1 Å². The first-order chi connectivity index (χ1) is 20.4. The SMILES string of the molecule is O=C(Cn1c(=O)n(CCCC(=O)NC2CCN(Cc3ccccc3)CC2)c(=O)c2ccccc21)Nc1cccc(Cl)c1. The van der Waals surface area contributed by atoms with Crippen molar-refractivity contribution in [3.63, 3.8) is 0 Å². The van der Waals surface area contributed by atoms with Crippen molar-refractivity contribution in [2.75, 3.05) is 18.4 Å². The fourth-order valence-electron chi connectivity index (χ4n) is 5.41. The minimum Gasteiger partial charge on any atom is -0.353 e. The van der Waals surface area contributed by atoms with Crippen LogP contribution in [0.2, 0.25) is 5.02 Å². The van der Waals surface area contributed by atoms with Gasteiger partial charge in [0.2, 0.25) is 11.8 Å². The van der Waals surface area contributed by atoms with Gasteiger partial charge in [-0.05, 0) is 55.2 Å². The highest BCUT2D eigenvalue weighted by Gasteiger charge is 2.21. The van der Waals surface area contributed by atoms with E-state index in [0.717, 1.165) is 37.0 Å². The van der Waals surface area contributed by atoms with Crippen LogP contribution in [0.1, 0.15) is 31.2 Å². The third-order valence-electron chi connectivity index (χ3n) is 7.53. The maximum absolute atomic E-state index is 13.4. The monoisotopic (exact) mass is 587 g/mol. The van der Waals surface area contributed by atoms with Gasteiger partial charge < -0.3 is 10.6 Å². The van der Waals surface area contributed by atoms with Crippen LogP contribution in [0.3, 0.4) is 0 Å². The maximum Gasteiger partial charge on any atom is 0.331 e. The van der Waals surface area contributed by atoms with Crippen LogP contribution in [0.25, 0.3) is 10.9 Å². The van der Waals surface area contributed by atoms with Crippen LogP contribution in [0.15, 0.2) is 88.5 Å². The van der Waals surface area contributed by atoms with Crippen molar-refractivity contribution in [1.82, 2.24) is 19.4 Å². The van der Waals surface area contributed by atoms with E-state index < -0.39 is 17.2 Å². The zero-order valence-electron chi connectivity index (χ0n) is 23.3. The molecule has 10 heteroatoms. The average Bonchev–Trinajstić information content (AvgIpc) is 2.98. The fraction of sp³-hybridized carbons (Fsp3) is 0.312. The highest BCUT2D eigenvalue weighted by molar-refractivity contribution is 6.30. The smallest absolute Gasteiger partial charge is 0.331 e. The molecule has 218 valence electrons. The summed E-state index contributed by atoms with van der Waals surface area (Å²) in [5, 5.41) is 6.66. The summed E-state index contributed by atoms with van der Waals surface area (Å²) in [6.45, 7) is 2.52. The first kappa shape index (κ1) is 29.3. The molecule has 1 aliphatic rings. The molecule has 1 aliphatic heterocycles. The normalized spacial score (nSPS) is 14.1. The second-order valence-electron chi connectivity index (χ2n) is 10.6. The number of halogens is 1. The number of rotatable bonds is 10. The average molecular weight is 588 g/mol. The molecule has 4 aromatic rings. The molecule has 5 rings (SSSR count). The minimum absolute atomic E-state index is 0.0708. The van der Waals surface area contributed by atoms with E-state index in [1.807, 2.05) is 18.2 Å². The van der Waals surface area contributed by atoms with Crippen LogP contribution in [-0.4, -0.2) is 45.0 Å². The number of nitrogens with one attached hydrogen (secondary N) is 2. The zero-order chi connectivity index (χ0) is 29.5. The molecule has 9 nitrogen and oxygen atoms in total. The number of carbonyl (C=O) groups excluding carboxylic acids is 2. The molecule has 2 heterocycles. The first-order valence-electron chi connectivity index (χ1n) is 14.2. The summed E-state index contributed by atoms with van der Waals surface area (Å²) in [5.41, 5.74) is 1.14. The highest BCUT2D eigenvalue weighted by Crippen LogP contribution is 2.16. The van der Waals surface area contributed by atoms with Crippen molar-refractivity contribution >= 4 is 40.0 Å². The number of amides is 2. The number of piperidine rings is 1. The molecule has 42 heavy (non-hydrogen) atoms. The van der Waals surface area contributed by atoms with Crippen LogP contribution in [0.5, 0.6) is 0 Å². The predicted molar refractivity (Wildman–Crippen MR) is 165 cm³/mol. The Morgan fingerprint density at radius 3 is 2.36 bits per heavy atom. The molecule has 0 bridgehead atoms. The Labute approximate surface area is 248 Å². The van der Waals surface area contributed by atoms with Crippen LogP contribution >= 0.6 is 11.6 Å². The highest BCUT2D eigenvalue weighted by atomic mass is 35.5. The topological polar surface area (TPSA) is 105 Å². The van der Waals surface area contributed by atoms with Crippen LogP contribution in [0, 0.1) is 0 Å². The molecule has 0 radical (unpaired) electrons. The van der Waals surface area contributed by atoms with Crippen LogP contribution < -0.4 is 21.9 Å². The van der Waals surface area contributed by atoms with Gasteiger partial charge in [0, 0.05) is 49.4 Å². The lowest BCUT2D eigenvalue weighted by Gasteiger charge is -2.32. The van der Waals surface area contributed by atoms with E-state index >= 15 is 0 Å². The summed E-state index contributed by atoms with van der Waals surface area (Å²) in [7, 11) is 0. The zero-order valence-corrected chi connectivity index (χ0v) is 24.1. The molecule has 0 atom stereocenters. The molecule has 0 unspecified atom stereocenters. The molecule has 1 saturated heterocycles. The maximum atomic E-state index is 13.4. The van der Waals surface area contributed by atoms with Gasteiger partial charge in [0.15, 0.2) is 0 Å². The Kier molecular flexibility index (Phi) is 9.51. The number of hydrogen-bond acceptors (Lipinski definition) is 5. The summed E-state index contributed by atoms with van der Waals surface area (Å²) in [6.07, 6.45) is 2.27. The number of likely N-dealkylation sites (tertiary alicyclic amines) is 1. The quantitative estimate of drug-likeness (QED) is 0.292. The third-order valence-corrected chi connectivity index (χ3v) is 7.76. The van der Waals surface area contributed by atoms with Crippen LogP contribution in [0.4, 0.5) is 5.69 Å². The van der Waals surface area contributed by atoms with E-state index in [1.165, 1.54) is 10.1 Å². The Balaban J connectivity index is 1.19. The van der Waals surface area contributed by atoms with Crippen LogP contribution in [-0.2, 0) is 29.2 Å². The summed E-state index contributed by atoms with van der Waals surface area (Å²) < 4.78 is 2.41. The molecule has 3 aromatic carbocycles. The Morgan fingerprint density at radius 1 is 0.857 bits per heavy atom. The molecule has 0 saturated carbocycles. The largest absolute Gasteiger partial charge is 0.353 e. The molecule has 1 aromatic heterocycles. The van der Waals surface area contributed by atoms with Crippen molar-refractivity contribution in [3.05, 3.63) is 110 Å². The van der Waals surface area contributed by atoms with Crippen molar-refractivity contribution in [3.8, 4) is 0 Å². The molecule has 2 N–H and O–H groups in total. The molecule has 0 spiro atoms. The van der Waals surface area contributed by atoms with Crippen molar-refractivity contribution in [1.29, 1.82) is 0 Å². The Hall–Kier alpha value is -4.21. The van der Waals surface area contributed by atoms with E-state index in [4.69, 9.17) is 11.6 Å². The van der Waals surface area contributed by atoms with Gasteiger partial charge in [0.05, 0.1) is 10.9 Å². The number of benzene rings is 3. The number of nitrogens with zero attached hydrogens (tertiary/aromatic N) is 3. The predicted octanol–water partition coefficient (Wildman–Crippen LogP) is 4.02. The number of carbonyl (C=O) groups is 2. The second kappa shape index (κ2) is 13.6. The molecular weight excluding hydrogens is 554 g/mol. The number of hydrogen-bond donors (Lipinski definition) is 2. The van der Waals surface area contributed by atoms with Gasteiger partial charge >= 0.3 is 5.69 Å². The lowest BCUT2D eigenvalue weighted by Crippen LogP contribution is -2.44. The molecule has 1 fully saturated rings. The van der Waals surface area contributed by atoms with Gasteiger partial charge in [-0.2, -0.15) is 0 Å². The van der Waals surface area contributed by atoms with E-state index in [1.54, 1.807) is 48.5 Å². The fourth-order valence-corrected chi connectivity index (χ4v) is 5.60. The van der Waals surface area contributed by atoms with Gasteiger partial charge in [0.1, 0.15) is 6.54 Å². The van der Waals surface area contributed by atoms with Gasteiger partial charge in [-0.15, -0.1) is 0 Å². The third kappa shape index (κ3) is 7.35. The standard InChI is InChI=1S/C32H34ClN5O4/c33-24-10-6-11-26(20-24)35-30(40)22-38-28-13-5-4-12-27(28)31(41)37(32(38)42)17-7-14-29(39)34-25-15-18-36(19-16-25)21-23-8-2-1-3-9-23/h1-6,8-13,20,25H,7,14-19,21-22H2,(H,34,39)(H,35,40). The Morgan fingerprint density at radius 2 is 1.60 bits per heavy atom. The van der Waals surface area contributed by atoms with E-state index in [2.05, 4.69) is 27.7 Å². The summed E-state index contributed by atoms with van der Waals surface area (Å²) in [6, 6.07) is 23.9. The lowest BCUT2D eigenvalue weighted by atomic mass is 10.0. The van der Waals surface area contributed by atoms with Gasteiger partial charge in [-0.3, -0.25) is 28.4 Å².